The molecule has 0 saturated carbocycles. The zero-order valence-corrected chi connectivity index (χ0v) is 11.3. The summed E-state index contributed by atoms with van der Waals surface area (Å²) in [5, 5.41) is 15.1. The maximum Gasteiger partial charge on any atom is 0.349 e. The van der Waals surface area contributed by atoms with Crippen LogP contribution in [0.1, 0.15) is 5.56 Å². The zero-order valence-electron chi connectivity index (χ0n) is 10.6. The van der Waals surface area contributed by atoms with Crippen molar-refractivity contribution in [3.8, 4) is 0 Å². The molecule has 0 radical (unpaired) electrons. The van der Waals surface area contributed by atoms with Crippen LogP contribution in [0.15, 0.2) is 35.4 Å². The largest absolute Gasteiger partial charge is 0.349 e. The van der Waals surface area contributed by atoms with Crippen molar-refractivity contribution >= 4 is 28.4 Å². The van der Waals surface area contributed by atoms with Crippen molar-refractivity contribution in [3.05, 3.63) is 51.7 Å². The second-order valence-corrected chi connectivity index (χ2v) is 4.88. The number of aromatic amines is 1. The lowest BCUT2D eigenvalue weighted by molar-refractivity contribution is 0.664. The van der Waals surface area contributed by atoms with Gasteiger partial charge in [-0.1, -0.05) is 35.0 Å². The van der Waals surface area contributed by atoms with Crippen LogP contribution in [-0.2, 0) is 6.54 Å². The summed E-state index contributed by atoms with van der Waals surface area (Å²) in [5.41, 5.74) is 1.95. The molecule has 4 aromatic rings. The van der Waals surface area contributed by atoms with E-state index >= 15 is 0 Å². The van der Waals surface area contributed by atoms with Crippen LogP contribution in [0.4, 0.5) is 0 Å². The molecule has 0 unspecified atom stereocenters. The number of hydrogen-bond donors (Lipinski definition) is 1. The molecule has 0 spiro atoms. The fraction of sp³-hybridized carbons (Fsp3) is 0.0833. The Labute approximate surface area is 122 Å². The van der Waals surface area contributed by atoms with Gasteiger partial charge in [0.2, 0.25) is 0 Å². The average Bonchev–Trinajstić information content (AvgIpc) is 3.06. The third kappa shape index (κ3) is 1.80. The maximum absolute atomic E-state index is 11.5. The van der Waals surface area contributed by atoms with E-state index in [-0.39, 0.29) is 5.69 Å². The van der Waals surface area contributed by atoms with Gasteiger partial charge in [0.1, 0.15) is 6.33 Å². The fourth-order valence-corrected chi connectivity index (χ4v) is 2.36. The van der Waals surface area contributed by atoms with Crippen LogP contribution in [0, 0.1) is 0 Å². The SMILES string of the molecule is O=c1[nH]nc2c3nnn(Cc4ccccc4Cl)c3ncn12. The summed E-state index contributed by atoms with van der Waals surface area (Å²) in [5.74, 6) is 0. The van der Waals surface area contributed by atoms with Gasteiger partial charge in [-0.3, -0.25) is 0 Å². The molecule has 1 N–H and O–H groups in total. The highest BCUT2D eigenvalue weighted by molar-refractivity contribution is 6.31. The number of H-pyrrole nitrogens is 1. The predicted octanol–water partition coefficient (Wildman–Crippen LogP) is 0.864. The molecule has 0 aliphatic heterocycles. The summed E-state index contributed by atoms with van der Waals surface area (Å²) >= 11 is 6.15. The summed E-state index contributed by atoms with van der Waals surface area (Å²) in [7, 11) is 0. The standard InChI is InChI=1S/C12H8ClN7O/c13-8-4-2-1-3-7(8)5-20-10-9(15-18-20)11-16-17-12(21)19(11)6-14-10/h1-4,6H,5H2,(H,17,21). The Hall–Kier alpha value is -2.74. The third-order valence-corrected chi connectivity index (χ3v) is 3.57. The van der Waals surface area contributed by atoms with Crippen LogP contribution < -0.4 is 5.69 Å². The number of benzene rings is 1. The van der Waals surface area contributed by atoms with E-state index in [1.54, 1.807) is 4.68 Å². The van der Waals surface area contributed by atoms with Gasteiger partial charge < -0.3 is 0 Å². The van der Waals surface area contributed by atoms with E-state index in [1.165, 1.54) is 10.7 Å². The number of aromatic nitrogens is 7. The molecule has 0 saturated heterocycles. The van der Waals surface area contributed by atoms with E-state index in [1.807, 2.05) is 24.3 Å². The molecule has 9 heteroatoms. The normalized spacial score (nSPS) is 11.5. The molecule has 3 heterocycles. The van der Waals surface area contributed by atoms with Crippen LogP contribution >= 0.6 is 11.6 Å². The molecular weight excluding hydrogens is 294 g/mol. The average molecular weight is 302 g/mol. The Morgan fingerprint density at radius 3 is 2.95 bits per heavy atom. The Balaban J connectivity index is 1.89. The van der Waals surface area contributed by atoms with Gasteiger partial charge in [0.25, 0.3) is 0 Å². The van der Waals surface area contributed by atoms with Crippen LogP contribution in [0.3, 0.4) is 0 Å². The summed E-state index contributed by atoms with van der Waals surface area (Å²) in [6.07, 6.45) is 1.40. The van der Waals surface area contributed by atoms with Gasteiger partial charge in [-0.05, 0) is 11.6 Å². The molecule has 0 atom stereocenters. The van der Waals surface area contributed by atoms with E-state index in [4.69, 9.17) is 11.6 Å². The molecule has 4 rings (SSSR count). The van der Waals surface area contributed by atoms with Crippen LogP contribution in [0.25, 0.3) is 16.8 Å². The molecule has 0 bridgehead atoms. The summed E-state index contributed by atoms with van der Waals surface area (Å²) < 4.78 is 2.91. The molecular formula is C12H8ClN7O. The monoisotopic (exact) mass is 301 g/mol. The molecule has 0 fully saturated rings. The van der Waals surface area contributed by atoms with Crippen molar-refractivity contribution in [2.24, 2.45) is 0 Å². The first-order valence-electron chi connectivity index (χ1n) is 6.12. The number of nitrogens with zero attached hydrogens (tertiary/aromatic N) is 6. The lowest BCUT2D eigenvalue weighted by atomic mass is 10.2. The van der Waals surface area contributed by atoms with Gasteiger partial charge in [-0.25, -0.2) is 24.0 Å². The van der Waals surface area contributed by atoms with Crippen LogP contribution in [0.5, 0.6) is 0 Å². The molecule has 0 aliphatic rings. The molecule has 0 amide bonds. The quantitative estimate of drug-likeness (QED) is 0.593. The highest BCUT2D eigenvalue weighted by Gasteiger charge is 2.13. The van der Waals surface area contributed by atoms with Crippen molar-refractivity contribution in [1.82, 2.24) is 34.6 Å². The fourth-order valence-electron chi connectivity index (χ4n) is 2.17. The van der Waals surface area contributed by atoms with Gasteiger partial charge in [-0.15, -0.1) is 5.10 Å². The number of hydrogen-bond acceptors (Lipinski definition) is 5. The first-order chi connectivity index (χ1) is 10.2. The van der Waals surface area contributed by atoms with Crippen molar-refractivity contribution in [2.45, 2.75) is 6.54 Å². The molecule has 3 aromatic heterocycles. The smallest absolute Gasteiger partial charge is 0.246 e. The van der Waals surface area contributed by atoms with Crippen molar-refractivity contribution in [3.63, 3.8) is 0 Å². The van der Waals surface area contributed by atoms with Crippen molar-refractivity contribution < 1.29 is 0 Å². The summed E-state index contributed by atoms with van der Waals surface area (Å²) in [4.78, 5) is 15.7. The van der Waals surface area contributed by atoms with Gasteiger partial charge in [0, 0.05) is 5.02 Å². The Kier molecular flexibility index (Phi) is 2.51. The number of rotatable bonds is 2. The van der Waals surface area contributed by atoms with Gasteiger partial charge in [0.05, 0.1) is 6.54 Å². The summed E-state index contributed by atoms with van der Waals surface area (Å²) in [6.45, 7) is 0.438. The first kappa shape index (κ1) is 12.0. The van der Waals surface area contributed by atoms with E-state index in [0.717, 1.165) is 5.56 Å². The van der Waals surface area contributed by atoms with Gasteiger partial charge >= 0.3 is 5.69 Å². The number of nitrogens with one attached hydrogen (secondary N) is 1. The molecule has 1 aromatic carbocycles. The predicted molar refractivity (Wildman–Crippen MR) is 75.2 cm³/mol. The Morgan fingerprint density at radius 1 is 1.24 bits per heavy atom. The lowest BCUT2D eigenvalue weighted by Crippen LogP contribution is -2.10. The molecule has 21 heavy (non-hydrogen) atoms. The molecule has 104 valence electrons. The minimum atomic E-state index is -0.361. The van der Waals surface area contributed by atoms with Crippen LogP contribution in [-0.4, -0.2) is 34.6 Å². The van der Waals surface area contributed by atoms with Gasteiger partial charge in [0.15, 0.2) is 16.8 Å². The Bertz CT molecular complexity index is 1020. The maximum atomic E-state index is 11.5. The Morgan fingerprint density at radius 2 is 2.10 bits per heavy atom. The van der Waals surface area contributed by atoms with Gasteiger partial charge in [-0.2, -0.15) is 5.10 Å². The molecule has 8 nitrogen and oxygen atoms in total. The topological polar surface area (TPSA) is 93.8 Å². The van der Waals surface area contributed by atoms with Crippen molar-refractivity contribution in [1.29, 1.82) is 0 Å². The highest BCUT2D eigenvalue weighted by Crippen LogP contribution is 2.18. The van der Waals surface area contributed by atoms with E-state index in [9.17, 15) is 4.79 Å². The number of halogens is 1. The minimum Gasteiger partial charge on any atom is -0.246 e. The van der Waals surface area contributed by atoms with E-state index in [0.29, 0.717) is 28.4 Å². The second kappa shape index (κ2) is 4.38. The van der Waals surface area contributed by atoms with E-state index < -0.39 is 0 Å². The molecule has 0 aliphatic carbocycles. The number of fused-ring (bicyclic) bond motifs is 3. The van der Waals surface area contributed by atoms with Crippen molar-refractivity contribution in [2.75, 3.05) is 0 Å². The second-order valence-electron chi connectivity index (χ2n) is 4.48. The first-order valence-corrected chi connectivity index (χ1v) is 6.50. The lowest BCUT2D eigenvalue weighted by Gasteiger charge is -2.04. The third-order valence-electron chi connectivity index (χ3n) is 3.20. The highest BCUT2D eigenvalue weighted by atomic mass is 35.5. The summed E-state index contributed by atoms with van der Waals surface area (Å²) in [6, 6.07) is 7.49. The minimum absolute atomic E-state index is 0.361. The zero-order chi connectivity index (χ0) is 14.4. The van der Waals surface area contributed by atoms with Crippen LogP contribution in [0.2, 0.25) is 5.02 Å². The van der Waals surface area contributed by atoms with E-state index in [2.05, 4.69) is 25.5 Å².